The van der Waals surface area contributed by atoms with Crippen molar-refractivity contribution in [2.45, 2.75) is 7.43 Å². The predicted molar refractivity (Wildman–Crippen MR) is 341 cm³/mol. The smallest absolute Gasteiger partial charge is 0.245 e. The van der Waals surface area contributed by atoms with Crippen molar-refractivity contribution in [3.8, 4) is 36.4 Å². The monoisotopic (exact) mass is 1270 g/mol. The van der Waals surface area contributed by atoms with Crippen LogP contribution in [0.5, 0.6) is 0 Å². The van der Waals surface area contributed by atoms with Gasteiger partial charge >= 0.3 is 0 Å². The zero-order valence-electron chi connectivity index (χ0n) is 48.0. The van der Waals surface area contributed by atoms with E-state index >= 15 is 17.6 Å². The summed E-state index contributed by atoms with van der Waals surface area (Å²) in [5.74, 6) is -16.7. The number of hydrogen-bond donors (Lipinski definition) is 0. The normalized spacial score (nSPS) is 14.5. The van der Waals surface area contributed by atoms with Gasteiger partial charge in [0.05, 0.1) is 96.6 Å². The van der Waals surface area contributed by atoms with Crippen LogP contribution in [-0.4, -0.2) is 9.97 Å². The van der Waals surface area contributed by atoms with Crippen LogP contribution in [0, 0.1) is 154 Å². The van der Waals surface area contributed by atoms with Crippen LogP contribution in [0.25, 0.3) is 107 Å². The zero-order valence-corrected chi connectivity index (χ0v) is 48.0. The molecule has 97 heavy (non-hydrogen) atoms. The summed E-state index contributed by atoms with van der Waals surface area (Å²) in [6.45, 7) is 46.3. The molecule has 0 amide bonds. The molecule has 0 spiro atoms. The molecule has 0 unspecified atom stereocenters. The molecule has 0 saturated heterocycles. The molecule has 452 valence electrons. The maximum atomic E-state index is 15.4. The minimum absolute atomic E-state index is 0. The quantitative estimate of drug-likeness (QED) is 0.0678. The van der Waals surface area contributed by atoms with E-state index in [1.54, 1.807) is 54.6 Å². The molecule has 0 saturated carbocycles. The van der Waals surface area contributed by atoms with Gasteiger partial charge < -0.3 is 0 Å². The second kappa shape index (κ2) is 26.0. The molecule has 0 aliphatic heterocycles. The van der Waals surface area contributed by atoms with Gasteiger partial charge in [0.15, 0.2) is 40.8 Å². The second-order valence-corrected chi connectivity index (χ2v) is 20.4. The standard InChI is InChI=1S/C42H10F8N8.C32H12N6.CH4/c1-54-20-10-8-19(9-11-20)28-30(38(56-3)32-35(45)41(49)58-42(50)36(32)46)23-12-21-22(13-24(23)37(28)55-2)29(26(16-53)31-33(43)39(47)57-40(48)34(31)44)27(25(21)15-52)18-6-4-17(14-51)5-7-18;1-36-18-29-26-14-25-24(15-27(26)32(38-3)31(29)21-8-10-22(37-2)11-9-21)23(12-13-33)30(28(25)17-35)20-6-4-19(16-34)5-7-20;/h4-13H;4-12,14-15,18H;1H4/b29-26+,38-30-;23-12-,29-18-;. The second-order valence-electron chi connectivity index (χ2n) is 20.4. The number of hydrogen-bond acceptors (Lipinski definition) is 8. The molecule has 2 heterocycles. The van der Waals surface area contributed by atoms with Gasteiger partial charge in [0.2, 0.25) is 17.1 Å². The average Bonchev–Trinajstić information content (AvgIpc) is 1.57. The van der Waals surface area contributed by atoms with E-state index in [2.05, 4.69) is 57.2 Å². The van der Waals surface area contributed by atoms with Gasteiger partial charge in [-0.2, -0.15) is 59.1 Å². The summed E-state index contributed by atoms with van der Waals surface area (Å²) in [4.78, 5) is 26.0. The van der Waals surface area contributed by atoms with Gasteiger partial charge in [-0.25, -0.2) is 46.6 Å². The highest BCUT2D eigenvalue weighted by Gasteiger charge is 2.41. The topological polar surface area (TPSA) is 195 Å². The first-order chi connectivity index (χ1) is 46.4. The van der Waals surface area contributed by atoms with Crippen molar-refractivity contribution in [1.82, 2.24) is 9.97 Å². The molecule has 2 aromatic heterocycles. The first-order valence-electron chi connectivity index (χ1n) is 27.2. The van der Waals surface area contributed by atoms with Crippen LogP contribution in [-0.2, 0) is 0 Å². The number of allylic oxidation sites excluding steroid dienone is 12. The molecule has 0 atom stereocenters. The Labute approximate surface area is 546 Å². The molecule has 4 aliphatic carbocycles. The first kappa shape index (κ1) is 64.8. The van der Waals surface area contributed by atoms with Crippen molar-refractivity contribution in [2.75, 3.05) is 0 Å². The average molecular weight is 1280 g/mol. The third kappa shape index (κ3) is 10.5. The van der Waals surface area contributed by atoms with Crippen molar-refractivity contribution < 1.29 is 35.1 Å². The van der Waals surface area contributed by atoms with Gasteiger partial charge in [0.25, 0.3) is 23.8 Å². The van der Waals surface area contributed by atoms with Gasteiger partial charge in [-0.05, 0) is 114 Å². The molecule has 0 fully saturated rings. The number of fused-ring (bicyclic) bond motifs is 4. The van der Waals surface area contributed by atoms with E-state index < -0.39 is 80.6 Å². The molecular formula is C75H26F8N14. The fraction of sp³-hybridized carbons (Fsp3) is 0.0133. The predicted octanol–water partition coefficient (Wildman–Crippen LogP) is 18.6. The third-order valence-electron chi connectivity index (χ3n) is 15.7. The summed E-state index contributed by atoms with van der Waals surface area (Å²) in [5.41, 5.74) is -0.0497. The van der Waals surface area contributed by atoms with E-state index in [4.69, 9.17) is 39.4 Å². The molecular weight excluding hydrogens is 1250 g/mol. The summed E-state index contributed by atoms with van der Waals surface area (Å²) < 4.78 is 120. The van der Waals surface area contributed by atoms with Crippen LogP contribution in [0.2, 0.25) is 0 Å². The number of halogens is 8. The summed E-state index contributed by atoms with van der Waals surface area (Å²) in [7, 11) is 0. The van der Waals surface area contributed by atoms with Crippen LogP contribution < -0.4 is 0 Å². The SMILES string of the molecule is C.[C-]#[N+]/C=C1\C(c2ccc([N+]#[C-])cc2)=C([N+]#[C-])c2cc3c(cc21)C(C#N)=C(c1ccc(C#N)cc1)/C3=C\C#N.[C-]#[N+]C1=C(c2ccc([N+]#[C-])cc2)/C(=C(\[N+]#[C-])c2c(F)c(F)nc(F)c2F)c2cc3c(cc21)/C(=C(/C#N)c1c(F)c(F)nc(F)c1F)C(c1ccc(C#N)cc1)=C3C#N. The van der Waals surface area contributed by atoms with Crippen molar-refractivity contribution in [2.24, 2.45) is 0 Å². The molecule has 8 aromatic rings. The molecule has 0 bridgehead atoms. The maximum Gasteiger partial charge on any atom is 0.252 e. The highest BCUT2D eigenvalue weighted by molar-refractivity contribution is 6.34. The number of aromatic nitrogens is 2. The number of nitrogens with zero attached hydrogens (tertiary/aromatic N) is 14. The number of benzene rings is 6. The van der Waals surface area contributed by atoms with Gasteiger partial charge in [0.1, 0.15) is 18.2 Å². The molecule has 12 rings (SSSR count). The minimum Gasteiger partial charge on any atom is -0.245 e. The van der Waals surface area contributed by atoms with Gasteiger partial charge in [0, 0.05) is 39.5 Å². The highest BCUT2D eigenvalue weighted by atomic mass is 19.2. The third-order valence-corrected chi connectivity index (χ3v) is 15.7. The van der Waals surface area contributed by atoms with Crippen LogP contribution in [0.15, 0.2) is 134 Å². The number of nitriles is 6. The van der Waals surface area contributed by atoms with Crippen LogP contribution >= 0.6 is 0 Å². The lowest BCUT2D eigenvalue weighted by molar-refractivity contribution is 0.404. The summed E-state index contributed by atoms with van der Waals surface area (Å²) >= 11 is 0. The fourth-order valence-electron chi connectivity index (χ4n) is 11.7. The zero-order chi connectivity index (χ0) is 68.5. The lowest BCUT2D eigenvalue weighted by Crippen LogP contribution is -2.07. The Morgan fingerprint density at radius 1 is 0.402 bits per heavy atom. The summed E-state index contributed by atoms with van der Waals surface area (Å²) in [6, 6.07) is 41.8. The van der Waals surface area contributed by atoms with Crippen LogP contribution in [0.4, 0.5) is 46.5 Å². The molecule has 22 heteroatoms. The Bertz CT molecular complexity index is 5370. The number of pyridine rings is 2. The molecule has 14 nitrogen and oxygen atoms in total. The Hall–Kier alpha value is -15.1. The molecule has 4 aliphatic rings. The van der Waals surface area contributed by atoms with Gasteiger partial charge in [-0.1, -0.05) is 92.4 Å². The van der Waals surface area contributed by atoms with E-state index in [9.17, 15) is 49.1 Å². The van der Waals surface area contributed by atoms with E-state index in [0.717, 1.165) is 12.1 Å². The Morgan fingerprint density at radius 2 is 0.794 bits per heavy atom. The molecule has 6 aromatic carbocycles. The lowest BCUT2D eigenvalue weighted by Gasteiger charge is -2.16. The Morgan fingerprint density at radius 3 is 1.25 bits per heavy atom. The van der Waals surface area contributed by atoms with Crippen molar-refractivity contribution in [1.29, 1.82) is 31.6 Å². The molecule has 0 N–H and O–H groups in total. The van der Waals surface area contributed by atoms with Crippen molar-refractivity contribution in [3.05, 3.63) is 338 Å². The van der Waals surface area contributed by atoms with Gasteiger partial charge in [-0.15, -0.1) is 0 Å². The largest absolute Gasteiger partial charge is 0.252 e. The summed E-state index contributed by atoms with van der Waals surface area (Å²) in [5, 5.41) is 59.5. The van der Waals surface area contributed by atoms with E-state index in [1.165, 1.54) is 60.8 Å². The van der Waals surface area contributed by atoms with Crippen LogP contribution in [0.3, 0.4) is 0 Å². The van der Waals surface area contributed by atoms with Crippen molar-refractivity contribution in [3.63, 3.8) is 0 Å². The first-order valence-corrected chi connectivity index (χ1v) is 27.2. The minimum atomic E-state index is -2.11. The van der Waals surface area contributed by atoms with Crippen molar-refractivity contribution >= 4 is 89.8 Å². The fourth-order valence-corrected chi connectivity index (χ4v) is 11.7. The van der Waals surface area contributed by atoms with E-state index in [0.29, 0.717) is 78.2 Å². The Balaban J connectivity index is 0.000000227. The Kier molecular flexibility index (Phi) is 17.4. The highest BCUT2D eigenvalue weighted by Crippen LogP contribution is 2.58. The van der Waals surface area contributed by atoms with Crippen LogP contribution in [0.1, 0.15) is 96.4 Å². The van der Waals surface area contributed by atoms with Gasteiger partial charge in [-0.3, -0.25) is 0 Å². The van der Waals surface area contributed by atoms with E-state index in [-0.39, 0.29) is 74.5 Å². The lowest BCUT2D eigenvalue weighted by atomic mass is 9.88. The van der Waals surface area contributed by atoms with E-state index in [1.807, 2.05) is 24.3 Å². The number of rotatable bonds is 6. The summed E-state index contributed by atoms with van der Waals surface area (Å²) in [6.07, 6.45) is 2.76. The maximum absolute atomic E-state index is 15.4. The molecule has 0 radical (unpaired) electrons.